The molecule has 0 aromatic heterocycles. The molecule has 0 aromatic rings. The van der Waals surface area contributed by atoms with Crippen molar-refractivity contribution in [3.8, 4) is 0 Å². The highest BCUT2D eigenvalue weighted by atomic mass is 32.2. The fraction of sp³-hybridized carbons (Fsp3) is 0.857. The number of likely N-dealkylation sites (tertiary alicyclic amines) is 1. The van der Waals surface area contributed by atoms with Crippen molar-refractivity contribution in [1.29, 1.82) is 0 Å². The zero-order valence-corrected chi connectivity index (χ0v) is 13.0. The average Bonchev–Trinajstić information content (AvgIpc) is 2.90. The van der Waals surface area contributed by atoms with Gasteiger partial charge in [0.05, 0.1) is 11.7 Å². The van der Waals surface area contributed by atoms with Gasteiger partial charge in [0.1, 0.15) is 5.75 Å². The Morgan fingerprint density at radius 1 is 1.05 bits per heavy atom. The van der Waals surface area contributed by atoms with Gasteiger partial charge in [0.15, 0.2) is 9.84 Å². The Morgan fingerprint density at radius 2 is 1.62 bits per heavy atom. The van der Waals surface area contributed by atoms with E-state index in [1.807, 2.05) is 0 Å². The molecule has 6 nitrogen and oxygen atoms in total. The third-order valence-electron chi connectivity index (χ3n) is 4.50. The van der Waals surface area contributed by atoms with Crippen LogP contribution in [-0.2, 0) is 19.4 Å². The molecule has 1 heterocycles. The van der Waals surface area contributed by atoms with E-state index < -0.39 is 27.5 Å². The molecule has 1 saturated heterocycles. The molecule has 7 heteroatoms. The number of piperidine rings is 1. The summed E-state index contributed by atoms with van der Waals surface area (Å²) in [4.78, 5) is 24.4. The molecule has 0 bridgehead atoms. The second-order valence-electron chi connectivity index (χ2n) is 6.20. The smallest absolute Gasteiger partial charge is 0.306 e. The fourth-order valence-electron chi connectivity index (χ4n) is 3.25. The van der Waals surface area contributed by atoms with E-state index >= 15 is 0 Å². The summed E-state index contributed by atoms with van der Waals surface area (Å²) >= 11 is 0. The van der Waals surface area contributed by atoms with Gasteiger partial charge in [-0.1, -0.05) is 12.8 Å². The molecule has 0 unspecified atom stereocenters. The summed E-state index contributed by atoms with van der Waals surface area (Å²) in [6, 6.07) is 0. The van der Waals surface area contributed by atoms with Gasteiger partial charge in [-0.2, -0.15) is 0 Å². The van der Waals surface area contributed by atoms with E-state index in [2.05, 4.69) is 0 Å². The molecule has 2 rings (SSSR count). The standard InChI is InChI=1S/C14H23NO5S/c16-13(15-7-5-12(6-8-15)14(17)18)10-21(19,20)9-11-3-1-2-4-11/h11-12H,1-10H2,(H,17,18). The maximum absolute atomic E-state index is 12.1. The number of carbonyl (C=O) groups excluding carboxylic acids is 1. The van der Waals surface area contributed by atoms with E-state index in [1.54, 1.807) is 0 Å². The van der Waals surface area contributed by atoms with Crippen LogP contribution in [0.2, 0.25) is 0 Å². The minimum atomic E-state index is -3.35. The number of carbonyl (C=O) groups is 2. The molecular weight excluding hydrogens is 294 g/mol. The van der Waals surface area contributed by atoms with Crippen LogP contribution in [0.25, 0.3) is 0 Å². The molecule has 1 amide bonds. The Labute approximate surface area is 125 Å². The summed E-state index contributed by atoms with van der Waals surface area (Å²) in [5.74, 6) is -1.73. The van der Waals surface area contributed by atoms with Crippen molar-refractivity contribution in [2.45, 2.75) is 38.5 Å². The number of sulfone groups is 1. The van der Waals surface area contributed by atoms with E-state index in [9.17, 15) is 18.0 Å². The Balaban J connectivity index is 1.82. The number of carboxylic acid groups (broad SMARTS) is 1. The molecule has 1 N–H and O–H groups in total. The van der Waals surface area contributed by atoms with Crippen LogP contribution in [0.15, 0.2) is 0 Å². The van der Waals surface area contributed by atoms with E-state index in [0.717, 1.165) is 25.7 Å². The summed E-state index contributed by atoms with van der Waals surface area (Å²) < 4.78 is 24.1. The molecule has 1 saturated carbocycles. The lowest BCUT2D eigenvalue weighted by atomic mass is 9.97. The number of hydrogen-bond acceptors (Lipinski definition) is 4. The van der Waals surface area contributed by atoms with Gasteiger partial charge in [-0.05, 0) is 31.6 Å². The number of hydrogen-bond donors (Lipinski definition) is 1. The van der Waals surface area contributed by atoms with Crippen molar-refractivity contribution >= 4 is 21.7 Å². The first-order valence-electron chi connectivity index (χ1n) is 7.58. The van der Waals surface area contributed by atoms with Gasteiger partial charge in [0.2, 0.25) is 5.91 Å². The lowest BCUT2D eigenvalue weighted by Crippen LogP contribution is -2.43. The van der Waals surface area contributed by atoms with Crippen LogP contribution in [-0.4, -0.2) is 54.9 Å². The average molecular weight is 317 g/mol. The predicted molar refractivity (Wildman–Crippen MR) is 77.6 cm³/mol. The van der Waals surface area contributed by atoms with E-state index in [4.69, 9.17) is 5.11 Å². The number of aliphatic carboxylic acids is 1. The van der Waals surface area contributed by atoms with Crippen molar-refractivity contribution in [2.75, 3.05) is 24.6 Å². The number of nitrogens with zero attached hydrogens (tertiary/aromatic N) is 1. The van der Waals surface area contributed by atoms with Crippen molar-refractivity contribution in [3.63, 3.8) is 0 Å². The van der Waals surface area contributed by atoms with Crippen LogP contribution < -0.4 is 0 Å². The van der Waals surface area contributed by atoms with Crippen molar-refractivity contribution in [2.24, 2.45) is 11.8 Å². The zero-order valence-electron chi connectivity index (χ0n) is 12.2. The van der Waals surface area contributed by atoms with Crippen molar-refractivity contribution in [1.82, 2.24) is 4.90 Å². The van der Waals surface area contributed by atoms with Crippen LogP contribution in [0.5, 0.6) is 0 Å². The second-order valence-corrected chi connectivity index (χ2v) is 8.31. The van der Waals surface area contributed by atoms with Crippen molar-refractivity contribution < 1.29 is 23.1 Å². The molecule has 0 spiro atoms. The van der Waals surface area contributed by atoms with Gasteiger partial charge < -0.3 is 10.0 Å². The van der Waals surface area contributed by atoms with Gasteiger partial charge in [0.25, 0.3) is 0 Å². The molecule has 21 heavy (non-hydrogen) atoms. The van der Waals surface area contributed by atoms with Gasteiger partial charge in [-0.3, -0.25) is 9.59 Å². The number of amides is 1. The first kappa shape index (κ1) is 16.3. The lowest BCUT2D eigenvalue weighted by molar-refractivity contribution is -0.145. The fourth-order valence-corrected chi connectivity index (χ4v) is 4.98. The van der Waals surface area contributed by atoms with E-state index in [-0.39, 0.29) is 17.6 Å². The second kappa shape index (κ2) is 6.77. The van der Waals surface area contributed by atoms with Crippen LogP contribution in [0.4, 0.5) is 0 Å². The van der Waals surface area contributed by atoms with Crippen LogP contribution in [0, 0.1) is 11.8 Å². The molecule has 0 radical (unpaired) electrons. The molecule has 0 atom stereocenters. The Kier molecular flexibility index (Phi) is 5.24. The topological polar surface area (TPSA) is 91.8 Å². The predicted octanol–water partition coefficient (Wildman–Crippen LogP) is 0.915. The zero-order chi connectivity index (χ0) is 15.5. The number of carboxylic acids is 1. The highest BCUT2D eigenvalue weighted by Crippen LogP contribution is 2.26. The SMILES string of the molecule is O=C(O)C1CCN(C(=O)CS(=O)(=O)CC2CCCC2)CC1. The van der Waals surface area contributed by atoms with Gasteiger partial charge >= 0.3 is 5.97 Å². The van der Waals surface area contributed by atoms with Gasteiger partial charge in [-0.25, -0.2) is 8.42 Å². The third kappa shape index (κ3) is 4.69. The summed E-state index contributed by atoms with van der Waals surface area (Å²) in [5, 5.41) is 8.91. The first-order chi connectivity index (χ1) is 9.87. The summed E-state index contributed by atoms with van der Waals surface area (Å²) in [6.07, 6.45) is 4.86. The third-order valence-corrected chi connectivity index (χ3v) is 6.17. The number of rotatable bonds is 5. The largest absolute Gasteiger partial charge is 0.481 e. The summed E-state index contributed by atoms with van der Waals surface area (Å²) in [6.45, 7) is 0.684. The van der Waals surface area contributed by atoms with E-state index in [1.165, 1.54) is 4.90 Å². The van der Waals surface area contributed by atoms with Gasteiger partial charge in [-0.15, -0.1) is 0 Å². The quantitative estimate of drug-likeness (QED) is 0.814. The first-order valence-corrected chi connectivity index (χ1v) is 9.40. The molecule has 1 aliphatic heterocycles. The van der Waals surface area contributed by atoms with Crippen molar-refractivity contribution in [3.05, 3.63) is 0 Å². The van der Waals surface area contributed by atoms with E-state index in [0.29, 0.717) is 25.9 Å². The van der Waals surface area contributed by atoms with Crippen LogP contribution in [0.3, 0.4) is 0 Å². The minimum absolute atomic E-state index is 0.115. The monoisotopic (exact) mass is 317 g/mol. The molecule has 0 aromatic carbocycles. The molecule has 2 aliphatic rings. The molecular formula is C14H23NO5S. The summed E-state index contributed by atoms with van der Waals surface area (Å²) in [7, 11) is -3.35. The van der Waals surface area contributed by atoms with Crippen LogP contribution >= 0.6 is 0 Å². The molecule has 120 valence electrons. The van der Waals surface area contributed by atoms with Gasteiger partial charge in [0, 0.05) is 13.1 Å². The Morgan fingerprint density at radius 3 is 2.14 bits per heavy atom. The maximum atomic E-state index is 12.1. The Bertz CT molecular complexity index is 487. The summed E-state index contributed by atoms with van der Waals surface area (Å²) in [5.41, 5.74) is 0. The molecule has 1 aliphatic carbocycles. The normalized spacial score (nSPS) is 21.6. The highest BCUT2D eigenvalue weighted by Gasteiger charge is 2.30. The van der Waals surface area contributed by atoms with Crippen LogP contribution in [0.1, 0.15) is 38.5 Å². The lowest BCUT2D eigenvalue weighted by Gasteiger charge is -2.30. The molecule has 2 fully saturated rings. The highest BCUT2D eigenvalue weighted by molar-refractivity contribution is 7.92. The minimum Gasteiger partial charge on any atom is -0.481 e. The maximum Gasteiger partial charge on any atom is 0.306 e. The Hall–Kier alpha value is -1.11.